The van der Waals surface area contributed by atoms with Crippen molar-refractivity contribution in [2.45, 2.75) is 26.2 Å². The van der Waals surface area contributed by atoms with Crippen molar-refractivity contribution in [3.63, 3.8) is 0 Å². The van der Waals surface area contributed by atoms with E-state index >= 15 is 0 Å². The van der Waals surface area contributed by atoms with E-state index in [4.69, 9.17) is 0 Å². The molecular weight excluding hydrogens is 250 g/mol. The third-order valence-corrected chi connectivity index (χ3v) is 3.83. The lowest BCUT2D eigenvalue weighted by atomic mass is 9.98. The maximum absolute atomic E-state index is 9.44. The quantitative estimate of drug-likeness (QED) is 0.908. The summed E-state index contributed by atoms with van der Waals surface area (Å²) in [6.07, 6.45) is 5.12. The fourth-order valence-electron chi connectivity index (χ4n) is 2.85. The van der Waals surface area contributed by atoms with Crippen molar-refractivity contribution in [1.82, 2.24) is 15.2 Å². The molecule has 1 aromatic heterocycles. The van der Waals surface area contributed by atoms with Crippen LogP contribution in [-0.2, 0) is 0 Å². The van der Waals surface area contributed by atoms with Crippen LogP contribution >= 0.6 is 0 Å². The Morgan fingerprint density at radius 2 is 2.05 bits per heavy atom. The van der Waals surface area contributed by atoms with Gasteiger partial charge in [0.2, 0.25) is 0 Å². The van der Waals surface area contributed by atoms with E-state index in [0.29, 0.717) is 5.56 Å². The van der Waals surface area contributed by atoms with Crippen LogP contribution in [0.3, 0.4) is 0 Å². The molecule has 1 aromatic carbocycles. The minimum Gasteiger partial charge on any atom is -0.370 e. The van der Waals surface area contributed by atoms with E-state index in [-0.39, 0.29) is 0 Å². The zero-order valence-corrected chi connectivity index (χ0v) is 11.6. The number of H-pyrrole nitrogens is 1. The van der Waals surface area contributed by atoms with Crippen LogP contribution in [-0.4, -0.2) is 28.3 Å². The molecule has 1 aliphatic rings. The van der Waals surface area contributed by atoms with Gasteiger partial charge in [-0.3, -0.25) is 5.10 Å². The lowest BCUT2D eigenvalue weighted by Crippen LogP contribution is -2.30. The van der Waals surface area contributed by atoms with Crippen LogP contribution < -0.4 is 4.90 Å². The van der Waals surface area contributed by atoms with Crippen molar-refractivity contribution in [3.8, 4) is 17.5 Å². The molecular formula is C15H17N5. The number of aromatic amines is 1. The molecule has 0 amide bonds. The molecule has 5 nitrogen and oxygen atoms in total. The Bertz CT molecular complexity index is 633. The summed E-state index contributed by atoms with van der Waals surface area (Å²) in [6.45, 7) is 4.05. The summed E-state index contributed by atoms with van der Waals surface area (Å²) < 4.78 is 0. The van der Waals surface area contributed by atoms with Crippen LogP contribution in [0.2, 0.25) is 0 Å². The highest BCUT2D eigenvalue weighted by Crippen LogP contribution is 2.36. The Kier molecular flexibility index (Phi) is 3.38. The molecule has 1 saturated heterocycles. The Labute approximate surface area is 118 Å². The molecule has 0 aliphatic carbocycles. The third-order valence-electron chi connectivity index (χ3n) is 3.83. The highest BCUT2D eigenvalue weighted by atomic mass is 15.2. The first-order valence-corrected chi connectivity index (χ1v) is 6.95. The number of piperidine rings is 1. The van der Waals surface area contributed by atoms with E-state index in [0.717, 1.165) is 35.7 Å². The lowest BCUT2D eigenvalue weighted by molar-refractivity contribution is 0.577. The van der Waals surface area contributed by atoms with Crippen molar-refractivity contribution in [1.29, 1.82) is 5.26 Å². The average molecular weight is 267 g/mol. The number of nitrogens with zero attached hydrogens (tertiary/aromatic N) is 4. The predicted octanol–water partition coefficient (Wildman–Crippen LogP) is 2.64. The fraction of sp³-hybridized carbons (Fsp3) is 0.400. The van der Waals surface area contributed by atoms with Crippen LogP contribution in [0.4, 0.5) is 5.69 Å². The molecule has 1 fully saturated rings. The second kappa shape index (κ2) is 5.33. The van der Waals surface area contributed by atoms with Crippen molar-refractivity contribution in [2.75, 3.05) is 18.0 Å². The molecule has 2 aromatic rings. The number of rotatable bonds is 2. The molecule has 0 spiro atoms. The van der Waals surface area contributed by atoms with E-state index in [1.165, 1.54) is 25.6 Å². The van der Waals surface area contributed by atoms with Gasteiger partial charge in [-0.1, -0.05) is 6.07 Å². The van der Waals surface area contributed by atoms with Crippen LogP contribution in [0.1, 0.15) is 30.4 Å². The first kappa shape index (κ1) is 12.7. The summed E-state index contributed by atoms with van der Waals surface area (Å²) >= 11 is 0. The molecule has 0 atom stereocenters. The van der Waals surface area contributed by atoms with Crippen molar-refractivity contribution in [3.05, 3.63) is 29.6 Å². The zero-order valence-electron chi connectivity index (χ0n) is 11.6. The number of hydrogen-bond acceptors (Lipinski definition) is 4. The van der Waals surface area contributed by atoms with Gasteiger partial charge < -0.3 is 4.90 Å². The van der Waals surface area contributed by atoms with Gasteiger partial charge >= 0.3 is 0 Å². The zero-order chi connectivity index (χ0) is 13.9. The molecule has 5 heteroatoms. The van der Waals surface area contributed by atoms with E-state index in [2.05, 4.69) is 26.2 Å². The maximum Gasteiger partial charge on any atom is 0.157 e. The molecule has 20 heavy (non-hydrogen) atoms. The first-order valence-electron chi connectivity index (χ1n) is 6.95. The smallest absolute Gasteiger partial charge is 0.157 e. The van der Waals surface area contributed by atoms with Gasteiger partial charge in [0.1, 0.15) is 12.4 Å². The van der Waals surface area contributed by atoms with Gasteiger partial charge in [-0.15, -0.1) is 0 Å². The Balaban J connectivity index is 2.18. The fourth-order valence-corrected chi connectivity index (χ4v) is 2.85. The Hall–Kier alpha value is -2.35. The standard InChI is InChI=1S/C15H17N5/c1-11-5-6-12(9-16)14(20-7-3-2-4-8-20)13(11)15-17-10-18-19-15/h5-6,10H,2-4,7-8H2,1H3,(H,17,18,19). The molecule has 2 heterocycles. The summed E-state index contributed by atoms with van der Waals surface area (Å²) in [7, 11) is 0. The van der Waals surface area contributed by atoms with E-state index < -0.39 is 0 Å². The normalized spacial score (nSPS) is 15.1. The summed E-state index contributed by atoms with van der Waals surface area (Å²) in [5, 5.41) is 16.3. The van der Waals surface area contributed by atoms with Gasteiger partial charge in [0.15, 0.2) is 5.82 Å². The van der Waals surface area contributed by atoms with Gasteiger partial charge in [-0.25, -0.2) is 4.98 Å². The van der Waals surface area contributed by atoms with Gasteiger partial charge in [0, 0.05) is 18.7 Å². The van der Waals surface area contributed by atoms with Crippen molar-refractivity contribution in [2.24, 2.45) is 0 Å². The topological polar surface area (TPSA) is 68.6 Å². The van der Waals surface area contributed by atoms with Gasteiger partial charge in [0.05, 0.1) is 11.3 Å². The summed E-state index contributed by atoms with van der Waals surface area (Å²) in [4.78, 5) is 6.59. The average Bonchev–Trinajstić information content (AvgIpc) is 3.01. The van der Waals surface area contributed by atoms with Crippen LogP contribution in [0, 0.1) is 18.3 Å². The van der Waals surface area contributed by atoms with Gasteiger partial charge in [-0.2, -0.15) is 10.4 Å². The first-order chi connectivity index (χ1) is 9.81. The van der Waals surface area contributed by atoms with Crippen LogP contribution in [0.5, 0.6) is 0 Å². The monoisotopic (exact) mass is 267 g/mol. The molecule has 1 aliphatic heterocycles. The third kappa shape index (κ3) is 2.14. The van der Waals surface area contributed by atoms with Crippen molar-refractivity contribution >= 4 is 5.69 Å². The largest absolute Gasteiger partial charge is 0.370 e. The molecule has 0 saturated carbocycles. The molecule has 1 N–H and O–H groups in total. The minimum absolute atomic E-state index is 0.712. The number of aryl methyl sites for hydroxylation is 1. The molecule has 102 valence electrons. The molecule has 0 bridgehead atoms. The van der Waals surface area contributed by atoms with Crippen molar-refractivity contribution < 1.29 is 0 Å². The maximum atomic E-state index is 9.44. The van der Waals surface area contributed by atoms with E-state index in [9.17, 15) is 5.26 Å². The number of nitrogens with one attached hydrogen (secondary N) is 1. The summed E-state index contributed by atoms with van der Waals surface area (Å²) in [6, 6.07) is 6.20. The predicted molar refractivity (Wildman–Crippen MR) is 77.3 cm³/mol. The van der Waals surface area contributed by atoms with Gasteiger partial charge in [0.25, 0.3) is 0 Å². The number of hydrogen-bond donors (Lipinski definition) is 1. The van der Waals surface area contributed by atoms with Crippen LogP contribution in [0.25, 0.3) is 11.4 Å². The number of benzene rings is 1. The molecule has 0 unspecified atom stereocenters. The lowest BCUT2D eigenvalue weighted by Gasteiger charge is -2.31. The second-order valence-electron chi connectivity index (χ2n) is 5.15. The SMILES string of the molecule is Cc1ccc(C#N)c(N2CCCCC2)c1-c1ncn[nH]1. The Morgan fingerprint density at radius 3 is 2.70 bits per heavy atom. The van der Waals surface area contributed by atoms with E-state index in [1.54, 1.807) is 0 Å². The number of aromatic nitrogens is 3. The number of nitriles is 1. The number of anilines is 1. The van der Waals surface area contributed by atoms with E-state index in [1.807, 2.05) is 19.1 Å². The minimum atomic E-state index is 0.712. The summed E-state index contributed by atoms with van der Waals surface area (Å²) in [5.74, 6) is 0.736. The highest BCUT2D eigenvalue weighted by molar-refractivity contribution is 5.82. The molecule has 0 radical (unpaired) electrons. The van der Waals surface area contributed by atoms with Crippen LogP contribution in [0.15, 0.2) is 18.5 Å². The Morgan fingerprint density at radius 1 is 1.25 bits per heavy atom. The summed E-state index contributed by atoms with van der Waals surface area (Å²) in [5.41, 5.74) is 3.83. The van der Waals surface area contributed by atoms with Gasteiger partial charge in [-0.05, 0) is 37.8 Å². The highest BCUT2D eigenvalue weighted by Gasteiger charge is 2.22. The molecule has 3 rings (SSSR count). The second-order valence-corrected chi connectivity index (χ2v) is 5.15.